The third-order valence-corrected chi connectivity index (χ3v) is 5.33. The number of hydrogen-bond acceptors (Lipinski definition) is 2. The van der Waals surface area contributed by atoms with Gasteiger partial charge in [0.25, 0.3) is 0 Å². The van der Waals surface area contributed by atoms with Crippen LogP contribution in [0.3, 0.4) is 0 Å². The molecule has 17 heavy (non-hydrogen) atoms. The smallest absolute Gasteiger partial charge is 0.0278 e. The first-order chi connectivity index (χ1) is 8.06. The van der Waals surface area contributed by atoms with Crippen molar-refractivity contribution in [1.29, 1.82) is 0 Å². The minimum atomic E-state index is 0.343. The second-order valence-corrected chi connectivity index (χ2v) is 6.62. The van der Waals surface area contributed by atoms with E-state index in [2.05, 4.69) is 37.9 Å². The Bertz CT molecular complexity index is 258. The zero-order valence-corrected chi connectivity index (χ0v) is 12.2. The summed E-state index contributed by atoms with van der Waals surface area (Å²) in [5.41, 5.74) is 1.04. The van der Waals surface area contributed by atoms with Crippen LogP contribution in [0.1, 0.15) is 59.8 Å². The maximum absolute atomic E-state index is 3.76. The molecule has 0 aromatic heterocycles. The summed E-state index contributed by atoms with van der Waals surface area (Å²) in [5.74, 6) is 0. The highest BCUT2D eigenvalue weighted by molar-refractivity contribution is 5.00. The van der Waals surface area contributed by atoms with Crippen molar-refractivity contribution in [2.75, 3.05) is 19.6 Å². The van der Waals surface area contributed by atoms with E-state index in [1.807, 2.05) is 0 Å². The van der Waals surface area contributed by atoms with Crippen LogP contribution in [0, 0.1) is 5.41 Å². The van der Waals surface area contributed by atoms with E-state index in [9.17, 15) is 0 Å². The Hall–Kier alpha value is -0.0800. The molecular weight excluding hydrogens is 208 g/mol. The zero-order valence-electron chi connectivity index (χ0n) is 12.2. The maximum Gasteiger partial charge on any atom is 0.0278 e. The maximum atomic E-state index is 3.76. The Morgan fingerprint density at radius 1 is 1.18 bits per heavy atom. The first-order valence-corrected chi connectivity index (χ1v) is 7.55. The highest BCUT2D eigenvalue weighted by Crippen LogP contribution is 2.49. The normalized spacial score (nSPS) is 37.1. The summed E-state index contributed by atoms with van der Waals surface area (Å²) in [7, 11) is 0. The molecule has 2 aliphatic rings. The van der Waals surface area contributed by atoms with Gasteiger partial charge in [-0.05, 0) is 44.4 Å². The van der Waals surface area contributed by atoms with Gasteiger partial charge in [-0.3, -0.25) is 4.90 Å². The number of nitrogens with zero attached hydrogens (tertiary/aromatic N) is 1. The van der Waals surface area contributed by atoms with E-state index in [1.54, 1.807) is 0 Å². The first kappa shape index (κ1) is 13.4. The topological polar surface area (TPSA) is 15.3 Å². The molecule has 1 heterocycles. The minimum absolute atomic E-state index is 0.343. The highest BCUT2D eigenvalue weighted by atomic mass is 15.3. The van der Waals surface area contributed by atoms with E-state index in [0.717, 1.165) is 6.04 Å². The zero-order chi connectivity index (χ0) is 12.5. The number of piperazine rings is 1. The Kier molecular flexibility index (Phi) is 3.84. The molecule has 2 unspecified atom stereocenters. The summed E-state index contributed by atoms with van der Waals surface area (Å²) < 4.78 is 0. The van der Waals surface area contributed by atoms with Gasteiger partial charge in [-0.1, -0.05) is 20.8 Å². The van der Waals surface area contributed by atoms with E-state index < -0.39 is 0 Å². The van der Waals surface area contributed by atoms with Crippen LogP contribution in [-0.2, 0) is 0 Å². The molecule has 0 amide bonds. The van der Waals surface area contributed by atoms with Gasteiger partial charge in [0.1, 0.15) is 0 Å². The molecule has 1 saturated heterocycles. The van der Waals surface area contributed by atoms with Crippen molar-refractivity contribution >= 4 is 0 Å². The molecule has 2 fully saturated rings. The van der Waals surface area contributed by atoms with Crippen molar-refractivity contribution in [2.45, 2.75) is 71.4 Å². The van der Waals surface area contributed by atoms with Crippen LogP contribution >= 0.6 is 0 Å². The Morgan fingerprint density at radius 2 is 1.88 bits per heavy atom. The van der Waals surface area contributed by atoms with Crippen molar-refractivity contribution in [1.82, 2.24) is 10.2 Å². The molecule has 2 nitrogen and oxygen atoms in total. The second-order valence-electron chi connectivity index (χ2n) is 6.62. The molecule has 1 saturated carbocycles. The molecule has 2 heteroatoms. The fourth-order valence-electron chi connectivity index (χ4n) is 3.18. The van der Waals surface area contributed by atoms with Crippen molar-refractivity contribution in [3.05, 3.63) is 0 Å². The molecule has 1 aliphatic carbocycles. The van der Waals surface area contributed by atoms with Crippen LogP contribution in [0.4, 0.5) is 0 Å². The van der Waals surface area contributed by atoms with E-state index in [-0.39, 0.29) is 0 Å². The van der Waals surface area contributed by atoms with Crippen LogP contribution in [0.2, 0.25) is 0 Å². The van der Waals surface area contributed by atoms with Crippen molar-refractivity contribution in [3.8, 4) is 0 Å². The summed E-state index contributed by atoms with van der Waals surface area (Å²) in [4.78, 5) is 2.79. The monoisotopic (exact) mass is 238 g/mol. The predicted molar refractivity (Wildman–Crippen MR) is 74.3 cm³/mol. The van der Waals surface area contributed by atoms with Gasteiger partial charge in [-0.25, -0.2) is 0 Å². The average Bonchev–Trinajstić information content (AvgIpc) is 3.10. The number of rotatable bonds is 5. The molecule has 0 aromatic rings. The van der Waals surface area contributed by atoms with Gasteiger partial charge >= 0.3 is 0 Å². The summed E-state index contributed by atoms with van der Waals surface area (Å²) in [6.45, 7) is 13.2. The number of nitrogens with one attached hydrogen (secondary N) is 1. The summed E-state index contributed by atoms with van der Waals surface area (Å²) in [5, 5.41) is 3.76. The minimum Gasteiger partial charge on any atom is -0.309 e. The summed E-state index contributed by atoms with van der Waals surface area (Å²) in [6, 6.07) is 0.763. The Balaban J connectivity index is 2.00. The van der Waals surface area contributed by atoms with Crippen LogP contribution in [0.5, 0.6) is 0 Å². The van der Waals surface area contributed by atoms with E-state index >= 15 is 0 Å². The standard InChI is InChI=1S/C15H30N2/c1-5-13-10-16-14(4,6-2)11-17(13)12-15(7-3)8-9-15/h13,16H,5-12H2,1-4H3. The van der Waals surface area contributed by atoms with Gasteiger partial charge < -0.3 is 5.32 Å². The molecule has 0 bridgehead atoms. The molecule has 1 N–H and O–H groups in total. The van der Waals surface area contributed by atoms with Gasteiger partial charge in [0.2, 0.25) is 0 Å². The second kappa shape index (κ2) is 4.89. The lowest BCUT2D eigenvalue weighted by Crippen LogP contribution is -2.63. The molecule has 0 aromatic carbocycles. The molecule has 100 valence electrons. The largest absolute Gasteiger partial charge is 0.309 e. The van der Waals surface area contributed by atoms with Crippen LogP contribution in [-0.4, -0.2) is 36.1 Å². The lowest BCUT2D eigenvalue weighted by Gasteiger charge is -2.47. The summed E-state index contributed by atoms with van der Waals surface area (Å²) >= 11 is 0. The van der Waals surface area contributed by atoms with Gasteiger partial charge in [0, 0.05) is 31.2 Å². The van der Waals surface area contributed by atoms with Gasteiger partial charge in [-0.15, -0.1) is 0 Å². The highest BCUT2D eigenvalue weighted by Gasteiger charge is 2.45. The van der Waals surface area contributed by atoms with E-state index in [0.29, 0.717) is 11.0 Å². The van der Waals surface area contributed by atoms with Crippen molar-refractivity contribution < 1.29 is 0 Å². The number of hydrogen-bond donors (Lipinski definition) is 1. The lowest BCUT2D eigenvalue weighted by atomic mass is 9.91. The first-order valence-electron chi connectivity index (χ1n) is 7.55. The van der Waals surface area contributed by atoms with Crippen LogP contribution < -0.4 is 5.32 Å². The van der Waals surface area contributed by atoms with Gasteiger partial charge in [0.05, 0.1) is 0 Å². The molecule has 0 spiro atoms. The fraction of sp³-hybridized carbons (Fsp3) is 1.00. The Labute approximate surface area is 107 Å². The van der Waals surface area contributed by atoms with Crippen molar-refractivity contribution in [2.24, 2.45) is 5.41 Å². The van der Waals surface area contributed by atoms with Gasteiger partial charge in [0.15, 0.2) is 0 Å². The Morgan fingerprint density at radius 3 is 2.35 bits per heavy atom. The average molecular weight is 238 g/mol. The van der Waals surface area contributed by atoms with Crippen LogP contribution in [0.25, 0.3) is 0 Å². The molecule has 2 rings (SSSR count). The van der Waals surface area contributed by atoms with Crippen molar-refractivity contribution in [3.63, 3.8) is 0 Å². The van der Waals surface area contributed by atoms with Crippen LogP contribution in [0.15, 0.2) is 0 Å². The molecular formula is C15H30N2. The third kappa shape index (κ3) is 2.85. The molecule has 1 aliphatic heterocycles. The molecule has 2 atom stereocenters. The lowest BCUT2D eigenvalue weighted by molar-refractivity contribution is 0.0622. The SMILES string of the molecule is CCC1CNC(C)(CC)CN1CC1(CC)CC1. The summed E-state index contributed by atoms with van der Waals surface area (Å²) in [6.07, 6.45) is 6.82. The van der Waals surface area contributed by atoms with E-state index in [4.69, 9.17) is 0 Å². The predicted octanol–water partition coefficient (Wildman–Crippen LogP) is 3.03. The quantitative estimate of drug-likeness (QED) is 0.792. The fourth-order valence-corrected chi connectivity index (χ4v) is 3.18. The third-order valence-electron chi connectivity index (χ3n) is 5.33. The molecule has 0 radical (unpaired) electrons. The van der Waals surface area contributed by atoms with Gasteiger partial charge in [-0.2, -0.15) is 0 Å². The van der Waals surface area contributed by atoms with E-state index in [1.165, 1.54) is 51.7 Å².